The average Bonchev–Trinajstić information content (AvgIpc) is 2.72. The third kappa shape index (κ3) is 3.69. The second kappa shape index (κ2) is 7.36. The van der Waals surface area contributed by atoms with Crippen molar-refractivity contribution in [3.8, 4) is 0 Å². The molecule has 0 saturated heterocycles. The molecule has 22 heavy (non-hydrogen) atoms. The molecule has 1 aromatic rings. The van der Waals surface area contributed by atoms with Crippen LogP contribution in [0.4, 0.5) is 5.82 Å². The third-order valence-electron chi connectivity index (χ3n) is 3.44. The number of nitrogen functional groups attached to an aromatic ring is 1. The Labute approximate surface area is 130 Å². The summed E-state index contributed by atoms with van der Waals surface area (Å²) in [7, 11) is 0. The predicted molar refractivity (Wildman–Crippen MR) is 92.4 cm³/mol. The van der Waals surface area contributed by atoms with E-state index in [2.05, 4.69) is 35.5 Å². The number of allylic oxidation sites excluding steroid dienone is 8. The first-order valence-corrected chi connectivity index (χ1v) is 7.25. The monoisotopic (exact) mass is 295 g/mol. The van der Waals surface area contributed by atoms with Crippen LogP contribution in [-0.4, -0.2) is 21.8 Å². The summed E-state index contributed by atoms with van der Waals surface area (Å²) in [5.74, 6) is 0.660. The van der Waals surface area contributed by atoms with Gasteiger partial charge in [0.05, 0.1) is 6.20 Å². The molecular weight excluding hydrogens is 274 g/mol. The summed E-state index contributed by atoms with van der Waals surface area (Å²) in [5, 5.41) is 19.3. The molecule has 0 aromatic carbocycles. The number of nitrogens with zero attached hydrogens (tertiary/aromatic N) is 2. The summed E-state index contributed by atoms with van der Waals surface area (Å²) < 4.78 is 1.37. The van der Waals surface area contributed by atoms with Gasteiger partial charge < -0.3 is 11.1 Å². The summed E-state index contributed by atoms with van der Waals surface area (Å²) in [6.07, 6.45) is 18.2. The molecule has 0 radical (unpaired) electrons. The Morgan fingerprint density at radius 2 is 2.27 bits per heavy atom. The van der Waals surface area contributed by atoms with Gasteiger partial charge in [-0.2, -0.15) is 5.10 Å². The van der Waals surface area contributed by atoms with Crippen molar-refractivity contribution in [3.63, 3.8) is 0 Å². The van der Waals surface area contributed by atoms with E-state index in [4.69, 9.17) is 16.6 Å². The van der Waals surface area contributed by atoms with Crippen LogP contribution in [0.25, 0.3) is 5.57 Å². The first kappa shape index (κ1) is 15.7. The van der Waals surface area contributed by atoms with Crippen LogP contribution in [0.2, 0.25) is 0 Å². The Kier molecular flexibility index (Phi) is 5.25. The third-order valence-corrected chi connectivity index (χ3v) is 3.44. The Hall–Kier alpha value is -2.69. The van der Waals surface area contributed by atoms with Gasteiger partial charge in [0.1, 0.15) is 11.7 Å². The van der Waals surface area contributed by atoms with E-state index >= 15 is 0 Å². The van der Waals surface area contributed by atoms with Gasteiger partial charge in [0.2, 0.25) is 0 Å². The van der Waals surface area contributed by atoms with Gasteiger partial charge >= 0.3 is 0 Å². The maximum atomic E-state index is 7.60. The highest BCUT2D eigenvalue weighted by Gasteiger charge is 2.11. The van der Waals surface area contributed by atoms with Crippen molar-refractivity contribution in [2.45, 2.75) is 26.2 Å². The van der Waals surface area contributed by atoms with Gasteiger partial charge in [-0.25, -0.2) is 4.68 Å². The Morgan fingerprint density at radius 1 is 1.45 bits per heavy atom. The fourth-order valence-corrected chi connectivity index (χ4v) is 2.28. The van der Waals surface area contributed by atoms with E-state index in [1.54, 1.807) is 13.1 Å². The summed E-state index contributed by atoms with van der Waals surface area (Å²) in [6, 6.07) is 0. The van der Waals surface area contributed by atoms with Gasteiger partial charge in [0.15, 0.2) is 0 Å². The van der Waals surface area contributed by atoms with E-state index in [0.717, 1.165) is 24.8 Å². The second-order valence-electron chi connectivity index (χ2n) is 5.09. The van der Waals surface area contributed by atoms with Crippen molar-refractivity contribution >= 4 is 23.4 Å². The molecule has 1 aromatic heterocycles. The highest BCUT2D eigenvalue weighted by molar-refractivity contribution is 6.10. The minimum Gasteiger partial charge on any atom is -0.383 e. The first-order valence-electron chi connectivity index (χ1n) is 7.25. The van der Waals surface area contributed by atoms with Crippen LogP contribution >= 0.6 is 0 Å². The highest BCUT2D eigenvalue weighted by atomic mass is 15.3. The molecule has 2 rings (SSSR count). The fourth-order valence-electron chi connectivity index (χ4n) is 2.28. The minimum absolute atomic E-state index is 0.258. The summed E-state index contributed by atoms with van der Waals surface area (Å²) >= 11 is 0. The van der Waals surface area contributed by atoms with E-state index < -0.39 is 0 Å². The largest absolute Gasteiger partial charge is 0.383 e. The standard InChI is InChI=1S/C17H21N5/c1-13(19)22-17(20)16(12-21-22)15(11-18)10-6-9-14-7-4-2-3-5-8-14/h2,4-5,7-8,10-12,18-19H,3,6,9,20H2,1H3/b15-10+,18-11?,19-13?. The summed E-state index contributed by atoms with van der Waals surface area (Å²) in [6.45, 7) is 1.62. The molecule has 5 nitrogen and oxygen atoms in total. The molecule has 0 aliphatic heterocycles. The quantitative estimate of drug-likeness (QED) is 0.572. The zero-order valence-electron chi connectivity index (χ0n) is 12.7. The number of aromatic nitrogens is 2. The molecule has 4 N–H and O–H groups in total. The maximum absolute atomic E-state index is 7.60. The lowest BCUT2D eigenvalue weighted by atomic mass is 10.0. The maximum Gasteiger partial charge on any atom is 0.136 e. The van der Waals surface area contributed by atoms with Gasteiger partial charge in [-0.15, -0.1) is 0 Å². The normalized spacial score (nSPS) is 14.6. The van der Waals surface area contributed by atoms with E-state index in [9.17, 15) is 0 Å². The lowest BCUT2D eigenvalue weighted by Gasteiger charge is -2.04. The number of nitrogens with two attached hydrogens (primary N) is 1. The van der Waals surface area contributed by atoms with E-state index in [-0.39, 0.29) is 5.84 Å². The number of rotatable bonds is 5. The smallest absolute Gasteiger partial charge is 0.136 e. The molecule has 0 spiro atoms. The molecule has 5 heteroatoms. The van der Waals surface area contributed by atoms with Crippen LogP contribution in [0.15, 0.2) is 48.2 Å². The van der Waals surface area contributed by atoms with Crippen molar-refractivity contribution in [1.82, 2.24) is 9.78 Å². The van der Waals surface area contributed by atoms with Crippen LogP contribution in [-0.2, 0) is 0 Å². The lowest BCUT2D eigenvalue weighted by Crippen LogP contribution is -2.11. The molecule has 0 saturated carbocycles. The van der Waals surface area contributed by atoms with Gasteiger partial charge in [0, 0.05) is 17.4 Å². The van der Waals surface area contributed by atoms with Crippen molar-refractivity contribution < 1.29 is 0 Å². The van der Waals surface area contributed by atoms with E-state index in [1.807, 2.05) is 6.08 Å². The van der Waals surface area contributed by atoms with Crippen LogP contribution in [0.3, 0.4) is 0 Å². The Morgan fingerprint density at radius 3 is 2.95 bits per heavy atom. The average molecular weight is 295 g/mol. The SMILES string of the molecule is CC(=N)n1ncc(/C(C=N)=C/CCC2=CC=CCC=C2)c1N. The zero-order valence-corrected chi connectivity index (χ0v) is 12.7. The molecule has 0 fully saturated rings. The topological polar surface area (TPSA) is 91.5 Å². The van der Waals surface area contributed by atoms with E-state index in [1.165, 1.54) is 16.5 Å². The van der Waals surface area contributed by atoms with Gasteiger partial charge in [0.25, 0.3) is 0 Å². The second-order valence-corrected chi connectivity index (χ2v) is 5.09. The van der Waals surface area contributed by atoms with Crippen molar-refractivity contribution in [3.05, 3.63) is 53.8 Å². The molecule has 114 valence electrons. The van der Waals surface area contributed by atoms with Crippen LogP contribution < -0.4 is 5.73 Å². The Bertz CT molecular complexity index is 686. The minimum atomic E-state index is 0.258. The molecule has 0 bridgehead atoms. The predicted octanol–water partition coefficient (Wildman–Crippen LogP) is 3.57. The van der Waals surface area contributed by atoms with Crippen LogP contribution in [0.1, 0.15) is 31.7 Å². The van der Waals surface area contributed by atoms with Crippen molar-refractivity contribution in [1.29, 1.82) is 10.8 Å². The molecule has 0 unspecified atom stereocenters. The highest BCUT2D eigenvalue weighted by Crippen LogP contribution is 2.21. The van der Waals surface area contributed by atoms with E-state index in [0.29, 0.717) is 11.4 Å². The zero-order chi connectivity index (χ0) is 15.9. The van der Waals surface area contributed by atoms with Gasteiger partial charge in [-0.05, 0) is 31.8 Å². The van der Waals surface area contributed by atoms with Crippen LogP contribution in [0, 0.1) is 10.8 Å². The molecule has 1 heterocycles. The lowest BCUT2D eigenvalue weighted by molar-refractivity contribution is 0.928. The number of hydrogen-bond donors (Lipinski definition) is 3. The van der Waals surface area contributed by atoms with Crippen molar-refractivity contribution in [2.24, 2.45) is 0 Å². The number of hydrogen-bond acceptors (Lipinski definition) is 4. The first-order chi connectivity index (χ1) is 10.6. The molecule has 1 aliphatic rings. The molecular formula is C17H21N5. The summed E-state index contributed by atoms with van der Waals surface area (Å²) in [4.78, 5) is 0. The fraction of sp³-hybridized carbons (Fsp3) is 0.235. The molecule has 0 atom stereocenters. The van der Waals surface area contributed by atoms with Gasteiger partial charge in [-0.3, -0.25) is 5.41 Å². The number of anilines is 1. The summed E-state index contributed by atoms with van der Waals surface area (Å²) in [5.41, 5.74) is 8.71. The molecule has 0 amide bonds. The van der Waals surface area contributed by atoms with Crippen molar-refractivity contribution in [2.75, 3.05) is 5.73 Å². The van der Waals surface area contributed by atoms with Gasteiger partial charge in [-0.1, -0.05) is 36.5 Å². The van der Waals surface area contributed by atoms with Crippen LogP contribution in [0.5, 0.6) is 0 Å². The Balaban J connectivity index is 2.11. The molecule has 1 aliphatic carbocycles. The number of nitrogens with one attached hydrogen (secondary N) is 2.